The highest BCUT2D eigenvalue weighted by atomic mass is 16.5. The third-order valence-corrected chi connectivity index (χ3v) is 5.25. The fourth-order valence-electron chi connectivity index (χ4n) is 3.86. The van der Waals surface area contributed by atoms with Crippen LogP contribution in [0.4, 0.5) is 0 Å². The maximum Gasteiger partial charge on any atom is 0.0686 e. The van der Waals surface area contributed by atoms with Crippen LogP contribution in [0.1, 0.15) is 65.7 Å². The maximum atomic E-state index is 10.9. The maximum absolute atomic E-state index is 10.9. The molecule has 0 aromatic carbocycles. The fourth-order valence-corrected chi connectivity index (χ4v) is 3.86. The molecule has 2 rings (SSSR count). The largest absolute Gasteiger partial charge is 0.390 e. The van der Waals surface area contributed by atoms with Crippen molar-refractivity contribution in [2.75, 3.05) is 19.7 Å². The van der Waals surface area contributed by atoms with E-state index in [1.165, 1.54) is 25.7 Å². The van der Waals surface area contributed by atoms with Crippen LogP contribution in [0.2, 0.25) is 0 Å². The normalized spacial score (nSPS) is 28.9. The lowest BCUT2D eigenvalue weighted by Crippen LogP contribution is -2.47. The molecule has 0 aromatic heterocycles. The van der Waals surface area contributed by atoms with Crippen molar-refractivity contribution in [3.8, 4) is 0 Å². The van der Waals surface area contributed by atoms with Gasteiger partial charge in [0.25, 0.3) is 0 Å². The highest BCUT2D eigenvalue weighted by molar-refractivity contribution is 4.96. The lowest BCUT2D eigenvalue weighted by Gasteiger charge is -2.44. The van der Waals surface area contributed by atoms with Gasteiger partial charge in [0.1, 0.15) is 0 Å². The van der Waals surface area contributed by atoms with Crippen molar-refractivity contribution >= 4 is 0 Å². The molecule has 1 heterocycles. The van der Waals surface area contributed by atoms with E-state index in [9.17, 15) is 5.11 Å². The predicted molar refractivity (Wildman–Crippen MR) is 82.8 cm³/mol. The van der Waals surface area contributed by atoms with Crippen LogP contribution in [0, 0.1) is 11.8 Å². The van der Waals surface area contributed by atoms with Crippen molar-refractivity contribution in [1.29, 1.82) is 0 Å². The molecule has 0 radical (unpaired) electrons. The molecular formula is C17H33NO2. The summed E-state index contributed by atoms with van der Waals surface area (Å²) >= 11 is 0. The first-order chi connectivity index (χ1) is 9.44. The third-order valence-electron chi connectivity index (χ3n) is 5.25. The highest BCUT2D eigenvalue weighted by Gasteiger charge is 2.44. The number of rotatable bonds is 6. The van der Waals surface area contributed by atoms with Crippen LogP contribution in [-0.4, -0.2) is 36.0 Å². The van der Waals surface area contributed by atoms with Gasteiger partial charge in [-0.15, -0.1) is 0 Å². The van der Waals surface area contributed by atoms with E-state index < -0.39 is 5.60 Å². The van der Waals surface area contributed by atoms with Crippen molar-refractivity contribution in [3.05, 3.63) is 0 Å². The number of hydrogen-bond acceptors (Lipinski definition) is 3. The summed E-state index contributed by atoms with van der Waals surface area (Å²) in [5.74, 6) is 1.07. The summed E-state index contributed by atoms with van der Waals surface area (Å²) in [4.78, 5) is 0. The quantitative estimate of drug-likeness (QED) is 0.736. The first kappa shape index (κ1) is 16.3. The Hall–Kier alpha value is -0.120. The molecule has 1 aliphatic heterocycles. The number of aliphatic hydroxyl groups is 1. The third kappa shape index (κ3) is 4.19. The molecule has 2 aliphatic rings. The fraction of sp³-hybridized carbons (Fsp3) is 1.00. The lowest BCUT2D eigenvalue weighted by atomic mass is 9.74. The predicted octanol–water partition coefficient (Wildman–Crippen LogP) is 3.11. The second kappa shape index (κ2) is 6.76. The summed E-state index contributed by atoms with van der Waals surface area (Å²) in [6.07, 6.45) is 7.91. The van der Waals surface area contributed by atoms with E-state index in [0.717, 1.165) is 39.0 Å². The highest BCUT2D eigenvalue weighted by Crippen LogP contribution is 2.45. The molecule has 20 heavy (non-hydrogen) atoms. The van der Waals surface area contributed by atoms with Crippen LogP contribution in [0.15, 0.2) is 0 Å². The molecule has 0 amide bonds. The Morgan fingerprint density at radius 2 is 2.05 bits per heavy atom. The Labute approximate surface area is 124 Å². The summed E-state index contributed by atoms with van der Waals surface area (Å²) in [5.41, 5.74) is -0.443. The number of nitrogens with one attached hydrogen (secondary N) is 1. The van der Waals surface area contributed by atoms with Crippen molar-refractivity contribution in [2.24, 2.45) is 11.8 Å². The monoisotopic (exact) mass is 283 g/mol. The van der Waals surface area contributed by atoms with Crippen LogP contribution >= 0.6 is 0 Å². The van der Waals surface area contributed by atoms with Crippen LogP contribution in [0.25, 0.3) is 0 Å². The molecule has 118 valence electrons. The molecular weight excluding hydrogens is 250 g/mol. The minimum Gasteiger partial charge on any atom is -0.390 e. The Bertz CT molecular complexity index is 295. The van der Waals surface area contributed by atoms with Gasteiger partial charge in [-0.05, 0) is 64.0 Å². The summed E-state index contributed by atoms with van der Waals surface area (Å²) in [7, 11) is 0. The van der Waals surface area contributed by atoms with Gasteiger partial charge in [-0.3, -0.25) is 0 Å². The summed E-state index contributed by atoms with van der Waals surface area (Å²) in [5, 5.41) is 14.3. The molecule has 1 saturated heterocycles. The molecule has 2 unspecified atom stereocenters. The van der Waals surface area contributed by atoms with E-state index >= 15 is 0 Å². The van der Waals surface area contributed by atoms with Crippen LogP contribution < -0.4 is 5.32 Å². The van der Waals surface area contributed by atoms with Gasteiger partial charge in [0.15, 0.2) is 0 Å². The molecule has 3 heteroatoms. The smallest absolute Gasteiger partial charge is 0.0686 e. The Balaban J connectivity index is 1.81. The van der Waals surface area contributed by atoms with Gasteiger partial charge in [-0.25, -0.2) is 0 Å². The van der Waals surface area contributed by atoms with Gasteiger partial charge in [0.2, 0.25) is 0 Å². The van der Waals surface area contributed by atoms with E-state index in [2.05, 4.69) is 19.2 Å². The minimum absolute atomic E-state index is 0.109. The second-order valence-electron chi connectivity index (χ2n) is 7.63. The summed E-state index contributed by atoms with van der Waals surface area (Å²) in [6.45, 7) is 9.24. The molecule has 3 nitrogen and oxygen atoms in total. The standard InChI is InChI=1S/C17H33NO2/c1-14(2)13-18-10-9-16(3,19)15-6-11-20-17(12-15)7-4-5-8-17/h14-15,18-19H,4-13H2,1-3H3. The van der Waals surface area contributed by atoms with Gasteiger partial charge in [-0.1, -0.05) is 26.7 Å². The molecule has 0 bridgehead atoms. The van der Waals surface area contributed by atoms with Gasteiger partial charge in [-0.2, -0.15) is 0 Å². The Kier molecular flexibility index (Phi) is 5.49. The van der Waals surface area contributed by atoms with E-state index in [0.29, 0.717) is 11.8 Å². The van der Waals surface area contributed by atoms with E-state index in [1.807, 2.05) is 6.92 Å². The van der Waals surface area contributed by atoms with Crippen molar-refractivity contribution in [2.45, 2.75) is 76.9 Å². The zero-order valence-corrected chi connectivity index (χ0v) is 13.6. The second-order valence-corrected chi connectivity index (χ2v) is 7.63. The first-order valence-corrected chi connectivity index (χ1v) is 8.51. The Morgan fingerprint density at radius 3 is 2.70 bits per heavy atom. The van der Waals surface area contributed by atoms with Gasteiger partial charge >= 0.3 is 0 Å². The zero-order chi connectivity index (χ0) is 14.6. The van der Waals surface area contributed by atoms with Gasteiger partial charge < -0.3 is 15.2 Å². The lowest BCUT2D eigenvalue weighted by molar-refractivity contribution is -0.137. The van der Waals surface area contributed by atoms with E-state index in [1.54, 1.807) is 0 Å². The molecule has 2 fully saturated rings. The summed E-state index contributed by atoms with van der Waals surface area (Å²) < 4.78 is 6.08. The van der Waals surface area contributed by atoms with Crippen molar-refractivity contribution < 1.29 is 9.84 Å². The number of hydrogen-bond donors (Lipinski definition) is 2. The van der Waals surface area contributed by atoms with E-state index in [4.69, 9.17) is 4.74 Å². The minimum atomic E-state index is -0.552. The average Bonchev–Trinajstić information content (AvgIpc) is 2.83. The molecule has 0 aromatic rings. The zero-order valence-electron chi connectivity index (χ0n) is 13.6. The van der Waals surface area contributed by atoms with Crippen LogP contribution in [0.3, 0.4) is 0 Å². The van der Waals surface area contributed by atoms with Crippen LogP contribution in [-0.2, 0) is 4.74 Å². The molecule has 1 spiro atoms. The van der Waals surface area contributed by atoms with Crippen molar-refractivity contribution in [1.82, 2.24) is 5.32 Å². The van der Waals surface area contributed by atoms with Crippen molar-refractivity contribution in [3.63, 3.8) is 0 Å². The molecule has 1 saturated carbocycles. The van der Waals surface area contributed by atoms with Crippen LogP contribution in [0.5, 0.6) is 0 Å². The average molecular weight is 283 g/mol. The van der Waals surface area contributed by atoms with Gasteiger partial charge in [0.05, 0.1) is 11.2 Å². The molecule has 1 aliphatic carbocycles. The first-order valence-electron chi connectivity index (χ1n) is 8.51. The van der Waals surface area contributed by atoms with Gasteiger partial charge in [0, 0.05) is 6.61 Å². The topological polar surface area (TPSA) is 41.5 Å². The molecule has 2 N–H and O–H groups in total. The van der Waals surface area contributed by atoms with E-state index in [-0.39, 0.29) is 5.60 Å². The number of ether oxygens (including phenoxy) is 1. The molecule has 2 atom stereocenters. The Morgan fingerprint density at radius 1 is 1.35 bits per heavy atom. The SMILES string of the molecule is CC(C)CNCCC(C)(O)C1CCOC2(CCCC2)C1. The summed E-state index contributed by atoms with van der Waals surface area (Å²) in [6, 6.07) is 0.